The van der Waals surface area contributed by atoms with Crippen LogP contribution in [0.15, 0.2) is 71.6 Å². The van der Waals surface area contributed by atoms with E-state index >= 15 is 0 Å². The van der Waals surface area contributed by atoms with Crippen LogP contribution in [0.1, 0.15) is 11.1 Å². The van der Waals surface area contributed by atoms with Gasteiger partial charge in [0.15, 0.2) is 0 Å². The molecule has 0 spiro atoms. The van der Waals surface area contributed by atoms with Crippen LogP contribution in [-0.4, -0.2) is 21.1 Å². The van der Waals surface area contributed by atoms with E-state index in [4.69, 9.17) is 20.5 Å². The van der Waals surface area contributed by atoms with Crippen molar-refractivity contribution in [1.82, 2.24) is 0 Å². The number of halogens is 2. The highest BCUT2D eigenvalue weighted by Crippen LogP contribution is 2.40. The number of ether oxygens (including phenoxy) is 1. The fraction of sp³-hybridized carbons (Fsp3) is 0.130. The topological polar surface area (TPSA) is 52.6 Å². The van der Waals surface area contributed by atoms with E-state index in [2.05, 4.69) is 0 Å². The maximum Gasteiger partial charge on any atom is 0.297 e. The molecule has 0 aromatic heterocycles. The number of hydrogen-bond acceptors (Lipinski definition) is 4. The van der Waals surface area contributed by atoms with Gasteiger partial charge in [-0.3, -0.25) is 4.18 Å². The summed E-state index contributed by atoms with van der Waals surface area (Å²) < 4.78 is 50.2. The van der Waals surface area contributed by atoms with Crippen LogP contribution >= 0.6 is 11.6 Å². The molecular weight excluding hydrogens is 427 g/mol. The molecule has 1 aliphatic rings. The molecule has 154 valence electrons. The summed E-state index contributed by atoms with van der Waals surface area (Å²) in [6.45, 7) is 1.65. The number of aryl methyl sites for hydroxylation is 1. The van der Waals surface area contributed by atoms with Crippen LogP contribution in [0.4, 0.5) is 4.39 Å². The molecule has 30 heavy (non-hydrogen) atoms. The summed E-state index contributed by atoms with van der Waals surface area (Å²) in [6, 6.07) is 16.2. The van der Waals surface area contributed by atoms with Crippen molar-refractivity contribution in [2.75, 3.05) is 6.61 Å². The molecule has 3 aromatic rings. The lowest BCUT2D eigenvalue weighted by molar-refractivity contribution is 0.166. The second-order valence-electron chi connectivity index (χ2n) is 6.92. The average Bonchev–Trinajstić information content (AvgIpc) is 2.72. The number of hydrogen-bond donors (Lipinski definition) is 0. The van der Waals surface area contributed by atoms with Crippen LogP contribution in [0.3, 0.4) is 0 Å². The minimum absolute atomic E-state index is 0.0760. The normalized spacial score (nSPS) is 15.5. The van der Waals surface area contributed by atoms with E-state index in [9.17, 15) is 12.8 Å². The van der Waals surface area contributed by atoms with Crippen molar-refractivity contribution in [2.45, 2.75) is 17.9 Å². The number of fused-ring (bicyclic) bond motifs is 1. The van der Waals surface area contributed by atoms with Crippen LogP contribution in [0.5, 0.6) is 5.75 Å². The van der Waals surface area contributed by atoms with Crippen molar-refractivity contribution in [1.29, 1.82) is 0 Å². The van der Waals surface area contributed by atoms with E-state index in [1.807, 2.05) is 6.92 Å². The Balaban J connectivity index is 1.58. The zero-order chi connectivity index (χ0) is 21.3. The number of benzene rings is 3. The minimum atomic E-state index is -3.92. The van der Waals surface area contributed by atoms with Crippen LogP contribution in [0.2, 0.25) is 5.02 Å². The van der Waals surface area contributed by atoms with Crippen molar-refractivity contribution in [2.24, 2.45) is 0 Å². The van der Waals surface area contributed by atoms with Crippen molar-refractivity contribution >= 4 is 27.8 Å². The minimum Gasteiger partial charge on any atom is -0.483 e. The van der Waals surface area contributed by atoms with Gasteiger partial charge < -0.3 is 4.74 Å². The average molecular weight is 445 g/mol. The summed E-state index contributed by atoms with van der Waals surface area (Å²) in [7, 11) is -3.92. The smallest absolute Gasteiger partial charge is 0.297 e. The molecule has 7 heteroatoms. The zero-order valence-corrected chi connectivity index (χ0v) is 17.6. The van der Waals surface area contributed by atoms with Gasteiger partial charge in [0.1, 0.15) is 24.3 Å². The molecule has 0 saturated heterocycles. The molecule has 0 aliphatic carbocycles. The molecule has 0 amide bonds. The van der Waals surface area contributed by atoms with Gasteiger partial charge in [0.25, 0.3) is 10.1 Å². The second kappa shape index (κ2) is 8.22. The van der Waals surface area contributed by atoms with E-state index < -0.39 is 22.0 Å². The first-order chi connectivity index (χ1) is 14.3. The van der Waals surface area contributed by atoms with Crippen molar-refractivity contribution in [3.63, 3.8) is 0 Å². The molecule has 0 fully saturated rings. The molecule has 4 rings (SSSR count). The summed E-state index contributed by atoms with van der Waals surface area (Å²) in [6.07, 6.45) is 2.67. The van der Waals surface area contributed by atoms with Gasteiger partial charge in [0.05, 0.1) is 4.90 Å². The SMILES string of the molecule is Cc1ccc(S(=O)(=O)OCC2C=Cc3cc(F)cc(-c4ccccc4Cl)c3O2)cc1. The third-order valence-electron chi connectivity index (χ3n) is 4.70. The molecule has 1 heterocycles. The Morgan fingerprint density at radius 3 is 2.53 bits per heavy atom. The van der Waals surface area contributed by atoms with Crippen molar-refractivity contribution in [3.05, 3.63) is 88.7 Å². The monoisotopic (exact) mass is 444 g/mol. The van der Waals surface area contributed by atoms with E-state index in [1.54, 1.807) is 48.6 Å². The highest BCUT2D eigenvalue weighted by atomic mass is 35.5. The molecule has 1 unspecified atom stereocenters. The van der Waals surface area contributed by atoms with Crippen LogP contribution in [0.25, 0.3) is 17.2 Å². The largest absolute Gasteiger partial charge is 0.483 e. The Bertz CT molecular complexity index is 1220. The highest BCUT2D eigenvalue weighted by Gasteiger charge is 2.24. The van der Waals surface area contributed by atoms with E-state index in [0.29, 0.717) is 27.5 Å². The Morgan fingerprint density at radius 2 is 1.80 bits per heavy atom. The molecule has 3 aromatic carbocycles. The van der Waals surface area contributed by atoms with Crippen molar-refractivity contribution < 1.29 is 21.7 Å². The van der Waals surface area contributed by atoms with Gasteiger partial charge in [-0.05, 0) is 43.3 Å². The lowest BCUT2D eigenvalue weighted by Crippen LogP contribution is -2.25. The van der Waals surface area contributed by atoms with Gasteiger partial charge in [-0.2, -0.15) is 8.42 Å². The Labute approximate surface area is 179 Å². The molecule has 4 nitrogen and oxygen atoms in total. The highest BCUT2D eigenvalue weighted by molar-refractivity contribution is 7.86. The Morgan fingerprint density at radius 1 is 1.07 bits per heavy atom. The van der Waals surface area contributed by atoms with Gasteiger partial charge in [-0.1, -0.05) is 53.6 Å². The Kier molecular flexibility index (Phi) is 5.64. The van der Waals surface area contributed by atoms with Gasteiger partial charge >= 0.3 is 0 Å². The zero-order valence-electron chi connectivity index (χ0n) is 16.0. The fourth-order valence-electron chi connectivity index (χ4n) is 3.17. The van der Waals surface area contributed by atoms with E-state index in [0.717, 1.165) is 5.56 Å². The van der Waals surface area contributed by atoms with E-state index in [-0.39, 0.29) is 11.5 Å². The summed E-state index contributed by atoms with van der Waals surface area (Å²) in [5.74, 6) is 0.00176. The van der Waals surface area contributed by atoms with Crippen LogP contribution in [0, 0.1) is 12.7 Å². The van der Waals surface area contributed by atoms with Gasteiger partial charge in [-0.15, -0.1) is 0 Å². The first-order valence-electron chi connectivity index (χ1n) is 9.23. The molecule has 0 N–H and O–H groups in total. The van der Waals surface area contributed by atoms with Gasteiger partial charge in [0, 0.05) is 21.7 Å². The Hall–Kier alpha value is -2.67. The number of rotatable bonds is 5. The standard InChI is InChI=1S/C23H18ClFO4S/c1-15-6-10-19(11-7-15)30(26,27)28-14-18-9-8-16-12-17(25)13-21(23(16)29-18)20-4-2-3-5-22(20)24/h2-13,18H,14H2,1H3. The van der Waals surface area contributed by atoms with E-state index in [1.165, 1.54) is 24.3 Å². The lowest BCUT2D eigenvalue weighted by Gasteiger charge is -2.24. The molecular formula is C23H18ClFO4S. The molecule has 1 atom stereocenters. The predicted molar refractivity (Wildman–Crippen MR) is 115 cm³/mol. The molecule has 0 radical (unpaired) electrons. The third kappa shape index (κ3) is 4.26. The third-order valence-corrected chi connectivity index (χ3v) is 6.33. The lowest BCUT2D eigenvalue weighted by atomic mass is 9.99. The summed E-state index contributed by atoms with van der Waals surface area (Å²) >= 11 is 6.29. The second-order valence-corrected chi connectivity index (χ2v) is 8.94. The van der Waals surface area contributed by atoms with Gasteiger partial charge in [-0.25, -0.2) is 4.39 Å². The summed E-state index contributed by atoms with van der Waals surface area (Å²) in [5.41, 5.74) is 2.61. The molecule has 0 saturated carbocycles. The molecule has 1 aliphatic heterocycles. The van der Waals surface area contributed by atoms with Gasteiger partial charge in [0.2, 0.25) is 0 Å². The predicted octanol–water partition coefficient (Wildman–Crippen LogP) is 5.63. The summed E-state index contributed by atoms with van der Waals surface area (Å²) in [5, 5.41) is 0.457. The quantitative estimate of drug-likeness (QED) is 0.478. The fourth-order valence-corrected chi connectivity index (χ4v) is 4.33. The first kappa shape index (κ1) is 20.6. The maximum absolute atomic E-state index is 14.2. The summed E-state index contributed by atoms with van der Waals surface area (Å²) in [4.78, 5) is 0.0760. The van der Waals surface area contributed by atoms with Crippen molar-refractivity contribution in [3.8, 4) is 16.9 Å². The van der Waals surface area contributed by atoms with Crippen LogP contribution in [-0.2, 0) is 14.3 Å². The molecule has 0 bridgehead atoms. The van der Waals surface area contributed by atoms with Crippen LogP contribution < -0.4 is 4.74 Å². The first-order valence-corrected chi connectivity index (χ1v) is 11.0. The maximum atomic E-state index is 14.2.